The summed E-state index contributed by atoms with van der Waals surface area (Å²) in [4.78, 5) is 4.60. The lowest BCUT2D eigenvalue weighted by Gasteiger charge is -2.25. The van der Waals surface area contributed by atoms with Crippen molar-refractivity contribution in [2.75, 3.05) is 0 Å². The van der Waals surface area contributed by atoms with Gasteiger partial charge in [-0.1, -0.05) is 72.8 Å². The van der Waals surface area contributed by atoms with E-state index in [4.69, 9.17) is 4.74 Å². The maximum absolute atomic E-state index is 6.72. The predicted molar refractivity (Wildman–Crippen MR) is 164 cm³/mol. The molecule has 0 amide bonds. The number of rotatable bonds is 3. The third-order valence-electron chi connectivity index (χ3n) is 8.29. The van der Waals surface area contributed by atoms with Crippen molar-refractivity contribution in [3.63, 3.8) is 0 Å². The third-order valence-corrected chi connectivity index (χ3v) is 8.29. The van der Waals surface area contributed by atoms with Crippen molar-refractivity contribution < 1.29 is 4.74 Å². The fourth-order valence-electron chi connectivity index (χ4n) is 6.73. The quantitative estimate of drug-likeness (QED) is 0.225. The molecule has 6 aromatic rings. The molecule has 0 unspecified atom stereocenters. The van der Waals surface area contributed by atoms with Crippen LogP contribution >= 0.6 is 0 Å². The minimum Gasteiger partial charge on any atom is -0.456 e. The second-order valence-electron chi connectivity index (χ2n) is 10.9. The number of hydrogen-bond acceptors (Lipinski definition) is 2. The minimum absolute atomic E-state index is 0.861. The molecule has 2 heteroatoms. The van der Waals surface area contributed by atoms with E-state index in [0.717, 1.165) is 40.5 Å². The molecule has 1 aromatic heterocycles. The van der Waals surface area contributed by atoms with Gasteiger partial charge in [0.25, 0.3) is 0 Å². The zero-order valence-electron chi connectivity index (χ0n) is 22.1. The lowest BCUT2D eigenvalue weighted by molar-refractivity contribution is 0.493. The van der Waals surface area contributed by atoms with Crippen molar-refractivity contribution in [3.05, 3.63) is 125 Å². The van der Waals surface area contributed by atoms with Gasteiger partial charge in [0, 0.05) is 28.6 Å². The van der Waals surface area contributed by atoms with E-state index in [0.29, 0.717) is 0 Å². The molecule has 0 saturated heterocycles. The van der Waals surface area contributed by atoms with Crippen LogP contribution in [-0.4, -0.2) is 4.98 Å². The first kappa shape index (κ1) is 22.3. The van der Waals surface area contributed by atoms with Gasteiger partial charge in [-0.2, -0.15) is 0 Å². The first-order valence-corrected chi connectivity index (χ1v) is 13.7. The molecule has 2 aliphatic rings. The van der Waals surface area contributed by atoms with E-state index in [1.807, 2.05) is 12.4 Å². The van der Waals surface area contributed by atoms with E-state index in [2.05, 4.69) is 110 Å². The molecule has 1 heterocycles. The smallest absolute Gasteiger partial charge is 0.143 e. The number of benzene rings is 5. The number of fused-ring (bicyclic) bond motifs is 2. The molecule has 0 bridgehead atoms. The fraction of sp³-hybridized carbons (Fsp3) is 0.108. The van der Waals surface area contributed by atoms with Gasteiger partial charge in [0.2, 0.25) is 0 Å². The van der Waals surface area contributed by atoms with E-state index in [-0.39, 0.29) is 0 Å². The molecule has 2 nitrogen and oxygen atoms in total. The Labute approximate surface area is 227 Å². The van der Waals surface area contributed by atoms with Gasteiger partial charge in [-0.05, 0) is 106 Å². The van der Waals surface area contributed by atoms with Crippen LogP contribution in [0.25, 0.3) is 55.1 Å². The maximum atomic E-state index is 6.72. The van der Waals surface area contributed by atoms with Gasteiger partial charge >= 0.3 is 0 Å². The Morgan fingerprint density at radius 3 is 2.41 bits per heavy atom. The Morgan fingerprint density at radius 2 is 1.54 bits per heavy atom. The Balaban J connectivity index is 1.46. The summed E-state index contributed by atoms with van der Waals surface area (Å²) in [6.07, 6.45) is 12.9. The average molecular weight is 502 g/mol. The third kappa shape index (κ3) is 3.38. The highest BCUT2D eigenvalue weighted by atomic mass is 16.5. The Hall–Kier alpha value is -4.69. The summed E-state index contributed by atoms with van der Waals surface area (Å²) in [5.41, 5.74) is 10.5. The van der Waals surface area contributed by atoms with Crippen LogP contribution < -0.4 is 4.74 Å². The summed E-state index contributed by atoms with van der Waals surface area (Å²) in [6, 6.07) is 26.4. The van der Waals surface area contributed by atoms with Crippen LogP contribution in [0.3, 0.4) is 0 Å². The van der Waals surface area contributed by atoms with Gasteiger partial charge in [-0.15, -0.1) is 0 Å². The van der Waals surface area contributed by atoms with Gasteiger partial charge in [0.15, 0.2) is 0 Å². The normalized spacial score (nSPS) is 13.7. The number of pyridine rings is 1. The van der Waals surface area contributed by atoms with Crippen molar-refractivity contribution in [2.24, 2.45) is 0 Å². The predicted octanol–water partition coefficient (Wildman–Crippen LogP) is 9.97. The zero-order valence-corrected chi connectivity index (χ0v) is 22.1. The first-order valence-electron chi connectivity index (χ1n) is 13.7. The van der Waals surface area contributed by atoms with Crippen molar-refractivity contribution >= 4 is 44.0 Å². The Morgan fingerprint density at radius 1 is 0.718 bits per heavy atom. The summed E-state index contributed by atoms with van der Waals surface area (Å²) >= 11 is 0. The van der Waals surface area contributed by atoms with Crippen LogP contribution in [0.2, 0.25) is 0 Å². The highest BCUT2D eigenvalue weighted by Gasteiger charge is 2.23. The standard InChI is InChI=1S/C37H27NO/c1-22-18-23(2)20-27(19-22)39-37-31-9-4-3-8-28(31)36(33-21-38-17-16-32(33)37)30-15-13-26-11-10-24-6-5-7-25-12-14-29(30)35(26)34(24)25/h3-5,7-10,12-21H,6,11H2,1-2H3. The lowest BCUT2D eigenvalue weighted by Crippen LogP contribution is -2.04. The first-order chi connectivity index (χ1) is 19.2. The number of allylic oxidation sites excluding steroid dienone is 3. The SMILES string of the molecule is Cc1cc(C)cc(Oc2c3ccccc3c(-c3ccc4c5c6c(ccc35)C=CCC6=CC4)c3cnccc23)c1. The minimum atomic E-state index is 0.861. The summed E-state index contributed by atoms with van der Waals surface area (Å²) < 4.78 is 6.72. The molecule has 0 aliphatic heterocycles. The fourth-order valence-corrected chi connectivity index (χ4v) is 6.73. The van der Waals surface area contributed by atoms with Crippen molar-refractivity contribution in [3.8, 4) is 22.6 Å². The van der Waals surface area contributed by atoms with Gasteiger partial charge in [-0.25, -0.2) is 0 Å². The van der Waals surface area contributed by atoms with E-state index >= 15 is 0 Å². The number of aryl methyl sites for hydroxylation is 2. The maximum Gasteiger partial charge on any atom is 0.143 e. The molecule has 0 saturated carbocycles. The molecular weight excluding hydrogens is 474 g/mol. The van der Waals surface area contributed by atoms with Crippen LogP contribution in [0.4, 0.5) is 0 Å². The molecule has 186 valence electrons. The second kappa shape index (κ2) is 8.41. The van der Waals surface area contributed by atoms with Crippen LogP contribution in [0.15, 0.2) is 97.3 Å². The number of aromatic nitrogens is 1. The molecule has 0 radical (unpaired) electrons. The second-order valence-corrected chi connectivity index (χ2v) is 10.9. The molecule has 8 rings (SSSR count). The molecule has 39 heavy (non-hydrogen) atoms. The van der Waals surface area contributed by atoms with Gasteiger partial charge in [-0.3, -0.25) is 4.98 Å². The highest BCUT2D eigenvalue weighted by molar-refractivity contribution is 6.21. The summed E-state index contributed by atoms with van der Waals surface area (Å²) in [5.74, 6) is 1.74. The van der Waals surface area contributed by atoms with Gasteiger partial charge in [0.05, 0.1) is 0 Å². The number of nitrogens with zero attached hydrogens (tertiary/aromatic N) is 1. The van der Waals surface area contributed by atoms with Gasteiger partial charge in [0.1, 0.15) is 11.5 Å². The summed E-state index contributed by atoms with van der Waals surface area (Å²) in [7, 11) is 0. The van der Waals surface area contributed by atoms with Crippen LogP contribution in [-0.2, 0) is 6.42 Å². The summed E-state index contributed by atoms with van der Waals surface area (Å²) in [6.45, 7) is 4.23. The van der Waals surface area contributed by atoms with E-state index in [1.165, 1.54) is 60.7 Å². The number of hydrogen-bond donors (Lipinski definition) is 0. The molecule has 0 atom stereocenters. The van der Waals surface area contributed by atoms with Crippen molar-refractivity contribution in [1.82, 2.24) is 4.98 Å². The van der Waals surface area contributed by atoms with Crippen molar-refractivity contribution in [2.45, 2.75) is 26.7 Å². The van der Waals surface area contributed by atoms with Crippen LogP contribution in [0.1, 0.15) is 34.2 Å². The van der Waals surface area contributed by atoms with E-state index in [1.54, 1.807) is 0 Å². The molecular formula is C37H27NO. The topological polar surface area (TPSA) is 22.1 Å². The van der Waals surface area contributed by atoms with E-state index in [9.17, 15) is 0 Å². The van der Waals surface area contributed by atoms with Crippen LogP contribution in [0.5, 0.6) is 11.5 Å². The monoisotopic (exact) mass is 501 g/mol. The largest absolute Gasteiger partial charge is 0.456 e. The molecule has 0 fully saturated rings. The van der Waals surface area contributed by atoms with Gasteiger partial charge < -0.3 is 4.74 Å². The average Bonchev–Trinajstić information content (AvgIpc) is 2.96. The zero-order chi connectivity index (χ0) is 26.1. The Bertz CT molecular complexity index is 1980. The lowest BCUT2D eigenvalue weighted by atomic mass is 9.79. The molecule has 5 aromatic carbocycles. The molecule has 2 aliphatic carbocycles. The van der Waals surface area contributed by atoms with E-state index < -0.39 is 0 Å². The molecule has 0 N–H and O–H groups in total. The summed E-state index contributed by atoms with van der Waals surface area (Å²) in [5, 5.41) is 7.18. The Kier molecular flexibility index (Phi) is 4.81. The number of ether oxygens (including phenoxy) is 1. The highest BCUT2D eigenvalue weighted by Crippen LogP contribution is 2.48. The molecule has 0 spiro atoms. The van der Waals surface area contributed by atoms with Crippen molar-refractivity contribution in [1.29, 1.82) is 0 Å². The van der Waals surface area contributed by atoms with Crippen LogP contribution in [0, 0.1) is 13.8 Å².